The number of aliphatic imine (C=N–C) groups is 1. The molecule has 1 aliphatic carbocycles. The zero-order valence-electron chi connectivity index (χ0n) is 8.94. The molecule has 0 amide bonds. The lowest BCUT2D eigenvalue weighted by Gasteiger charge is -2.35. The van der Waals surface area contributed by atoms with Gasteiger partial charge in [-0.2, -0.15) is 0 Å². The van der Waals surface area contributed by atoms with E-state index in [9.17, 15) is 0 Å². The Hall–Kier alpha value is -0.770. The third-order valence-corrected chi connectivity index (χ3v) is 2.61. The summed E-state index contributed by atoms with van der Waals surface area (Å²) >= 11 is 0. The SMILES string of the molecule is CC1CN(C(N)=NC2CC2)CC(C)O1. The van der Waals surface area contributed by atoms with Gasteiger partial charge in [-0.05, 0) is 26.7 Å². The predicted octanol–water partition coefficient (Wildman–Crippen LogP) is 0.573. The normalized spacial score (nSPS) is 34.7. The molecule has 80 valence electrons. The van der Waals surface area contributed by atoms with Crippen LogP contribution in [0.15, 0.2) is 4.99 Å². The van der Waals surface area contributed by atoms with Gasteiger partial charge in [0.05, 0.1) is 18.2 Å². The fourth-order valence-electron chi connectivity index (χ4n) is 1.84. The molecule has 4 nitrogen and oxygen atoms in total. The van der Waals surface area contributed by atoms with Crippen molar-refractivity contribution in [1.29, 1.82) is 0 Å². The zero-order valence-corrected chi connectivity index (χ0v) is 8.94. The molecule has 2 aliphatic rings. The number of guanidine groups is 1. The number of ether oxygens (including phenoxy) is 1. The van der Waals surface area contributed by atoms with Gasteiger partial charge < -0.3 is 15.4 Å². The van der Waals surface area contributed by atoms with Crippen LogP contribution in [0.25, 0.3) is 0 Å². The molecule has 2 N–H and O–H groups in total. The summed E-state index contributed by atoms with van der Waals surface area (Å²) in [6.07, 6.45) is 2.92. The van der Waals surface area contributed by atoms with E-state index in [2.05, 4.69) is 23.7 Å². The fraction of sp³-hybridized carbons (Fsp3) is 0.900. The second-order valence-corrected chi connectivity index (χ2v) is 4.38. The van der Waals surface area contributed by atoms with E-state index in [1.165, 1.54) is 12.8 Å². The number of hydrogen-bond donors (Lipinski definition) is 1. The van der Waals surface area contributed by atoms with E-state index in [1.807, 2.05) is 0 Å². The molecule has 2 atom stereocenters. The highest BCUT2D eigenvalue weighted by molar-refractivity contribution is 5.78. The molecule has 2 unspecified atom stereocenters. The summed E-state index contributed by atoms with van der Waals surface area (Å²) in [5.74, 6) is 0.703. The second-order valence-electron chi connectivity index (χ2n) is 4.38. The van der Waals surface area contributed by atoms with Gasteiger partial charge in [0.2, 0.25) is 0 Å². The summed E-state index contributed by atoms with van der Waals surface area (Å²) in [6, 6.07) is 0.503. The van der Waals surface area contributed by atoms with Crippen LogP contribution in [0.5, 0.6) is 0 Å². The molecule has 1 aliphatic heterocycles. The Balaban J connectivity index is 1.94. The van der Waals surface area contributed by atoms with Crippen molar-refractivity contribution in [2.24, 2.45) is 10.7 Å². The first-order chi connectivity index (χ1) is 6.65. The summed E-state index contributed by atoms with van der Waals surface area (Å²) in [5.41, 5.74) is 5.93. The molecule has 0 bridgehead atoms. The van der Waals surface area contributed by atoms with Gasteiger partial charge in [0.1, 0.15) is 0 Å². The molecule has 2 fully saturated rings. The number of hydrogen-bond acceptors (Lipinski definition) is 2. The van der Waals surface area contributed by atoms with Crippen molar-refractivity contribution in [3.63, 3.8) is 0 Å². The molecule has 2 rings (SSSR count). The zero-order chi connectivity index (χ0) is 10.1. The molecule has 0 aromatic rings. The van der Waals surface area contributed by atoms with Crippen molar-refractivity contribution >= 4 is 5.96 Å². The largest absolute Gasteiger partial charge is 0.372 e. The number of rotatable bonds is 1. The molecule has 0 aromatic carbocycles. The maximum Gasteiger partial charge on any atom is 0.191 e. The quantitative estimate of drug-likeness (QED) is 0.494. The van der Waals surface area contributed by atoms with E-state index >= 15 is 0 Å². The Morgan fingerprint density at radius 3 is 2.36 bits per heavy atom. The highest BCUT2D eigenvalue weighted by atomic mass is 16.5. The predicted molar refractivity (Wildman–Crippen MR) is 56.2 cm³/mol. The van der Waals surface area contributed by atoms with Crippen molar-refractivity contribution in [2.75, 3.05) is 13.1 Å². The lowest BCUT2D eigenvalue weighted by Crippen LogP contribution is -2.51. The van der Waals surface area contributed by atoms with Crippen molar-refractivity contribution in [3.05, 3.63) is 0 Å². The first-order valence-corrected chi connectivity index (χ1v) is 5.39. The first kappa shape index (κ1) is 9.77. The summed E-state index contributed by atoms with van der Waals surface area (Å²) in [7, 11) is 0. The van der Waals surface area contributed by atoms with Crippen LogP contribution in [0.1, 0.15) is 26.7 Å². The number of nitrogens with zero attached hydrogens (tertiary/aromatic N) is 2. The Kier molecular flexibility index (Phi) is 2.63. The van der Waals surface area contributed by atoms with Crippen molar-refractivity contribution in [2.45, 2.75) is 44.9 Å². The monoisotopic (exact) mass is 197 g/mol. The van der Waals surface area contributed by atoms with Gasteiger partial charge in [-0.3, -0.25) is 0 Å². The van der Waals surface area contributed by atoms with E-state index in [0.29, 0.717) is 12.0 Å². The van der Waals surface area contributed by atoms with Crippen LogP contribution in [-0.4, -0.2) is 42.2 Å². The summed E-state index contributed by atoms with van der Waals surface area (Å²) in [6.45, 7) is 5.89. The molecule has 0 radical (unpaired) electrons. The van der Waals surface area contributed by atoms with Gasteiger partial charge in [-0.25, -0.2) is 4.99 Å². The average Bonchev–Trinajstić information content (AvgIpc) is 2.86. The lowest BCUT2D eigenvalue weighted by molar-refractivity contribution is -0.0484. The van der Waals surface area contributed by atoms with Gasteiger partial charge >= 0.3 is 0 Å². The summed E-state index contributed by atoms with van der Waals surface area (Å²) in [5, 5.41) is 0. The second kappa shape index (κ2) is 3.77. The Morgan fingerprint density at radius 1 is 1.29 bits per heavy atom. The molecule has 4 heteroatoms. The maximum atomic E-state index is 5.93. The molecule has 1 saturated carbocycles. The minimum absolute atomic E-state index is 0.256. The van der Waals surface area contributed by atoms with E-state index in [1.54, 1.807) is 0 Å². The maximum absolute atomic E-state index is 5.93. The average molecular weight is 197 g/mol. The molecule has 1 heterocycles. The lowest BCUT2D eigenvalue weighted by atomic mass is 10.2. The van der Waals surface area contributed by atoms with Gasteiger partial charge in [0, 0.05) is 13.1 Å². The van der Waals surface area contributed by atoms with Gasteiger partial charge in [0.15, 0.2) is 5.96 Å². The molecular formula is C10H19N3O. The third-order valence-electron chi connectivity index (χ3n) is 2.61. The summed E-state index contributed by atoms with van der Waals surface area (Å²) < 4.78 is 5.63. The van der Waals surface area contributed by atoms with Crippen LogP contribution < -0.4 is 5.73 Å². The van der Waals surface area contributed by atoms with Crippen molar-refractivity contribution in [1.82, 2.24) is 4.90 Å². The Bertz CT molecular complexity index is 228. The third kappa shape index (κ3) is 2.38. The van der Waals surface area contributed by atoms with Crippen LogP contribution in [0, 0.1) is 0 Å². The van der Waals surface area contributed by atoms with Crippen LogP contribution in [0.3, 0.4) is 0 Å². The highest BCUT2D eigenvalue weighted by Gasteiger charge is 2.26. The molecular weight excluding hydrogens is 178 g/mol. The van der Waals surface area contributed by atoms with Gasteiger partial charge in [-0.1, -0.05) is 0 Å². The van der Waals surface area contributed by atoms with E-state index in [4.69, 9.17) is 10.5 Å². The highest BCUT2D eigenvalue weighted by Crippen LogP contribution is 2.23. The Morgan fingerprint density at radius 2 is 1.86 bits per heavy atom. The van der Waals surface area contributed by atoms with Crippen molar-refractivity contribution in [3.8, 4) is 0 Å². The minimum atomic E-state index is 0.256. The molecule has 0 spiro atoms. The van der Waals surface area contributed by atoms with Crippen LogP contribution in [0.2, 0.25) is 0 Å². The van der Waals surface area contributed by atoms with Crippen molar-refractivity contribution < 1.29 is 4.74 Å². The molecule has 1 saturated heterocycles. The molecule has 0 aromatic heterocycles. The van der Waals surface area contributed by atoms with E-state index < -0.39 is 0 Å². The fourth-order valence-corrected chi connectivity index (χ4v) is 1.84. The topological polar surface area (TPSA) is 50.8 Å². The summed E-state index contributed by atoms with van der Waals surface area (Å²) in [4.78, 5) is 6.58. The van der Waals surface area contributed by atoms with Crippen LogP contribution >= 0.6 is 0 Å². The van der Waals surface area contributed by atoms with Gasteiger partial charge in [-0.15, -0.1) is 0 Å². The number of morpholine rings is 1. The van der Waals surface area contributed by atoms with Crippen LogP contribution in [0.4, 0.5) is 0 Å². The Labute approximate surface area is 85.1 Å². The standard InChI is InChI=1S/C10H19N3O/c1-7-5-13(6-8(2)14-7)10(11)12-9-3-4-9/h7-9H,3-6H2,1-2H3,(H2,11,12). The number of nitrogens with two attached hydrogens (primary N) is 1. The van der Waals surface area contributed by atoms with E-state index in [-0.39, 0.29) is 12.2 Å². The van der Waals surface area contributed by atoms with Gasteiger partial charge in [0.25, 0.3) is 0 Å². The molecule has 14 heavy (non-hydrogen) atoms. The minimum Gasteiger partial charge on any atom is -0.372 e. The van der Waals surface area contributed by atoms with E-state index in [0.717, 1.165) is 13.1 Å². The smallest absolute Gasteiger partial charge is 0.191 e. The van der Waals surface area contributed by atoms with Crippen LogP contribution in [-0.2, 0) is 4.74 Å². The first-order valence-electron chi connectivity index (χ1n) is 5.39.